The lowest BCUT2D eigenvalue weighted by Gasteiger charge is -2.25. The number of aryl methyl sites for hydroxylation is 1. The van der Waals surface area contributed by atoms with Crippen LogP contribution in [0.4, 0.5) is 0 Å². The second-order valence-corrected chi connectivity index (χ2v) is 6.46. The molecule has 0 saturated heterocycles. The van der Waals surface area contributed by atoms with Crippen molar-refractivity contribution in [2.24, 2.45) is 7.05 Å². The van der Waals surface area contributed by atoms with Crippen LogP contribution in [-0.2, 0) is 13.5 Å². The van der Waals surface area contributed by atoms with Crippen LogP contribution in [0.3, 0.4) is 0 Å². The highest BCUT2D eigenvalue weighted by molar-refractivity contribution is 5.23. The van der Waals surface area contributed by atoms with E-state index in [0.717, 1.165) is 13.0 Å². The third kappa shape index (κ3) is 4.49. The lowest BCUT2D eigenvalue weighted by atomic mass is 9.92. The Labute approximate surface area is 122 Å². The second-order valence-electron chi connectivity index (χ2n) is 6.46. The van der Waals surface area contributed by atoms with Crippen LogP contribution in [0.1, 0.15) is 37.8 Å². The lowest BCUT2D eigenvalue weighted by molar-refractivity contribution is 0.405. The molecule has 0 aliphatic rings. The predicted molar refractivity (Wildman–Crippen MR) is 83.9 cm³/mol. The van der Waals surface area contributed by atoms with Gasteiger partial charge in [-0.25, -0.2) is 0 Å². The fourth-order valence-electron chi connectivity index (χ4n) is 2.32. The van der Waals surface area contributed by atoms with Crippen molar-refractivity contribution in [3.63, 3.8) is 0 Å². The third-order valence-corrected chi connectivity index (χ3v) is 3.39. The van der Waals surface area contributed by atoms with Gasteiger partial charge in [0.15, 0.2) is 0 Å². The van der Waals surface area contributed by atoms with Crippen molar-refractivity contribution in [2.45, 2.75) is 38.6 Å². The van der Waals surface area contributed by atoms with E-state index in [2.05, 4.69) is 67.7 Å². The van der Waals surface area contributed by atoms with E-state index < -0.39 is 0 Å². The molecule has 3 heteroatoms. The molecule has 0 aliphatic carbocycles. The van der Waals surface area contributed by atoms with Gasteiger partial charge in [0.25, 0.3) is 0 Å². The first-order valence-corrected chi connectivity index (χ1v) is 7.21. The van der Waals surface area contributed by atoms with Gasteiger partial charge in [0.2, 0.25) is 0 Å². The molecular weight excluding hydrogens is 246 g/mol. The van der Waals surface area contributed by atoms with Crippen LogP contribution in [0.5, 0.6) is 0 Å². The maximum absolute atomic E-state index is 4.27. The molecule has 1 aromatic carbocycles. The summed E-state index contributed by atoms with van der Waals surface area (Å²) in [5.41, 5.74) is 2.81. The van der Waals surface area contributed by atoms with Gasteiger partial charge in [-0.3, -0.25) is 4.68 Å². The molecule has 0 amide bonds. The monoisotopic (exact) mass is 271 g/mol. The SMILES string of the molecule is Cn1cc(CC(CNC(C)(C)C)c2ccccc2)cn1. The molecule has 0 radical (unpaired) electrons. The standard InChI is InChI=1S/C17H25N3/c1-17(2,3)18-12-16(15-8-6-5-7-9-15)10-14-11-19-20(4)13-14/h5-9,11,13,16,18H,10,12H2,1-4H3. The Morgan fingerprint density at radius 1 is 1.20 bits per heavy atom. The number of hydrogen-bond acceptors (Lipinski definition) is 2. The highest BCUT2D eigenvalue weighted by Crippen LogP contribution is 2.21. The van der Waals surface area contributed by atoms with Crippen molar-refractivity contribution in [2.75, 3.05) is 6.54 Å². The summed E-state index contributed by atoms with van der Waals surface area (Å²) < 4.78 is 1.87. The first-order valence-electron chi connectivity index (χ1n) is 7.21. The van der Waals surface area contributed by atoms with Crippen LogP contribution in [0.25, 0.3) is 0 Å². The number of benzene rings is 1. The number of hydrogen-bond donors (Lipinski definition) is 1. The van der Waals surface area contributed by atoms with E-state index in [1.165, 1.54) is 11.1 Å². The molecule has 1 atom stereocenters. The fraction of sp³-hybridized carbons (Fsp3) is 0.471. The molecule has 2 aromatic rings. The van der Waals surface area contributed by atoms with Crippen molar-refractivity contribution in [1.29, 1.82) is 0 Å². The maximum Gasteiger partial charge on any atom is 0.0521 e. The lowest BCUT2D eigenvalue weighted by Crippen LogP contribution is -2.39. The third-order valence-electron chi connectivity index (χ3n) is 3.39. The summed E-state index contributed by atoms with van der Waals surface area (Å²) in [6, 6.07) is 10.7. The van der Waals surface area contributed by atoms with E-state index in [-0.39, 0.29) is 5.54 Å². The highest BCUT2D eigenvalue weighted by atomic mass is 15.2. The smallest absolute Gasteiger partial charge is 0.0521 e. The fourth-order valence-corrected chi connectivity index (χ4v) is 2.32. The summed E-state index contributed by atoms with van der Waals surface area (Å²) in [7, 11) is 1.97. The Kier molecular flexibility index (Phi) is 4.61. The topological polar surface area (TPSA) is 29.9 Å². The number of nitrogens with zero attached hydrogens (tertiary/aromatic N) is 2. The highest BCUT2D eigenvalue weighted by Gasteiger charge is 2.17. The predicted octanol–water partition coefficient (Wildman–Crippen LogP) is 3.13. The average molecular weight is 271 g/mol. The summed E-state index contributed by atoms with van der Waals surface area (Å²) in [4.78, 5) is 0. The quantitative estimate of drug-likeness (QED) is 0.905. The Morgan fingerprint density at radius 2 is 1.90 bits per heavy atom. The molecule has 3 nitrogen and oxygen atoms in total. The summed E-state index contributed by atoms with van der Waals surface area (Å²) >= 11 is 0. The van der Waals surface area contributed by atoms with Gasteiger partial charge in [0.1, 0.15) is 0 Å². The van der Waals surface area contributed by atoms with Gasteiger partial charge in [-0.1, -0.05) is 30.3 Å². The van der Waals surface area contributed by atoms with Gasteiger partial charge >= 0.3 is 0 Å². The zero-order valence-electron chi connectivity index (χ0n) is 12.9. The van der Waals surface area contributed by atoms with E-state index in [0.29, 0.717) is 5.92 Å². The molecule has 108 valence electrons. The van der Waals surface area contributed by atoms with E-state index >= 15 is 0 Å². The van der Waals surface area contributed by atoms with E-state index in [4.69, 9.17) is 0 Å². The van der Waals surface area contributed by atoms with Gasteiger partial charge in [0, 0.05) is 31.2 Å². The van der Waals surface area contributed by atoms with Gasteiger partial charge in [-0.2, -0.15) is 5.10 Å². The minimum Gasteiger partial charge on any atom is -0.311 e. The van der Waals surface area contributed by atoms with Crippen LogP contribution >= 0.6 is 0 Å². The first kappa shape index (κ1) is 14.8. The molecule has 0 saturated carbocycles. The van der Waals surface area contributed by atoms with Gasteiger partial charge in [-0.15, -0.1) is 0 Å². The number of rotatable bonds is 5. The molecule has 2 rings (SSSR count). The molecule has 1 N–H and O–H groups in total. The van der Waals surface area contributed by atoms with Crippen LogP contribution in [0, 0.1) is 0 Å². The molecule has 0 aliphatic heterocycles. The normalized spacial score (nSPS) is 13.4. The summed E-state index contributed by atoms with van der Waals surface area (Å²) in [6.07, 6.45) is 5.08. The Hall–Kier alpha value is -1.61. The van der Waals surface area contributed by atoms with E-state index in [9.17, 15) is 0 Å². The average Bonchev–Trinajstić information content (AvgIpc) is 2.80. The zero-order valence-corrected chi connectivity index (χ0v) is 12.9. The van der Waals surface area contributed by atoms with Crippen LogP contribution in [0.15, 0.2) is 42.7 Å². The maximum atomic E-state index is 4.27. The number of aromatic nitrogens is 2. The van der Waals surface area contributed by atoms with Crippen molar-refractivity contribution < 1.29 is 0 Å². The Bertz CT molecular complexity index is 523. The van der Waals surface area contributed by atoms with Crippen LogP contribution < -0.4 is 5.32 Å². The zero-order chi connectivity index (χ0) is 14.6. The molecule has 1 aromatic heterocycles. The van der Waals surface area contributed by atoms with Gasteiger partial charge in [-0.05, 0) is 38.3 Å². The largest absolute Gasteiger partial charge is 0.311 e. The molecule has 1 unspecified atom stereocenters. The summed E-state index contributed by atoms with van der Waals surface area (Å²) in [6.45, 7) is 7.60. The van der Waals surface area contributed by atoms with Crippen LogP contribution in [0.2, 0.25) is 0 Å². The second kappa shape index (κ2) is 6.23. The van der Waals surface area contributed by atoms with Gasteiger partial charge in [0.05, 0.1) is 6.20 Å². The Balaban J connectivity index is 2.11. The van der Waals surface area contributed by atoms with Crippen LogP contribution in [-0.4, -0.2) is 21.9 Å². The van der Waals surface area contributed by atoms with Crippen molar-refractivity contribution in [3.05, 3.63) is 53.9 Å². The molecule has 0 spiro atoms. The molecule has 0 bridgehead atoms. The van der Waals surface area contributed by atoms with E-state index in [1.54, 1.807) is 0 Å². The molecule has 1 heterocycles. The minimum absolute atomic E-state index is 0.141. The Morgan fingerprint density at radius 3 is 2.45 bits per heavy atom. The first-order chi connectivity index (χ1) is 9.44. The van der Waals surface area contributed by atoms with E-state index in [1.807, 2.05) is 17.9 Å². The number of nitrogens with one attached hydrogen (secondary N) is 1. The molecule has 20 heavy (non-hydrogen) atoms. The minimum atomic E-state index is 0.141. The molecular formula is C17H25N3. The summed E-state index contributed by atoms with van der Waals surface area (Å²) in [5.74, 6) is 0.472. The molecule has 0 fully saturated rings. The van der Waals surface area contributed by atoms with Crippen molar-refractivity contribution >= 4 is 0 Å². The van der Waals surface area contributed by atoms with Gasteiger partial charge < -0.3 is 5.32 Å². The van der Waals surface area contributed by atoms with Crippen molar-refractivity contribution in [3.8, 4) is 0 Å². The summed E-state index contributed by atoms with van der Waals surface area (Å²) in [5, 5.41) is 7.89. The van der Waals surface area contributed by atoms with Crippen molar-refractivity contribution in [1.82, 2.24) is 15.1 Å².